The van der Waals surface area contributed by atoms with Gasteiger partial charge in [0.15, 0.2) is 5.82 Å². The molecule has 0 N–H and O–H groups in total. The summed E-state index contributed by atoms with van der Waals surface area (Å²) in [5.74, 6) is 1.64. The smallest absolute Gasteiger partial charge is 0.205 e. The summed E-state index contributed by atoms with van der Waals surface area (Å²) in [4.78, 5) is 22.5. The van der Waals surface area contributed by atoms with Crippen molar-refractivity contribution in [2.24, 2.45) is 0 Å². The van der Waals surface area contributed by atoms with Gasteiger partial charge in [-0.3, -0.25) is 4.98 Å². The van der Waals surface area contributed by atoms with E-state index in [1.807, 2.05) is 31.2 Å². The normalized spacial score (nSPS) is 14.9. The Bertz CT molecular complexity index is 799. The van der Waals surface area contributed by atoms with E-state index in [2.05, 4.69) is 29.1 Å². The van der Waals surface area contributed by atoms with Crippen molar-refractivity contribution in [2.75, 3.05) is 36.0 Å². The van der Waals surface area contributed by atoms with Gasteiger partial charge in [0.1, 0.15) is 17.8 Å². The molecule has 3 aromatic heterocycles. The molecule has 0 unspecified atom stereocenters. The molecule has 0 bridgehead atoms. The summed E-state index contributed by atoms with van der Waals surface area (Å²) in [6, 6.07) is 7.82. The number of hydrogen-bond acceptors (Lipinski definition) is 8. The van der Waals surface area contributed by atoms with E-state index in [1.54, 1.807) is 12.5 Å². The molecule has 0 atom stereocenters. The second-order valence-electron chi connectivity index (χ2n) is 5.60. The van der Waals surface area contributed by atoms with Gasteiger partial charge in [0, 0.05) is 55.7 Å². The van der Waals surface area contributed by atoms with E-state index in [-0.39, 0.29) is 0 Å². The molecule has 1 aliphatic heterocycles. The summed E-state index contributed by atoms with van der Waals surface area (Å²) >= 11 is 1.44. The summed E-state index contributed by atoms with van der Waals surface area (Å²) in [7, 11) is 0. The van der Waals surface area contributed by atoms with Crippen LogP contribution in [0.2, 0.25) is 0 Å². The summed E-state index contributed by atoms with van der Waals surface area (Å²) in [5.41, 5.74) is 1.75. The molecule has 0 aliphatic carbocycles. The zero-order valence-corrected chi connectivity index (χ0v) is 14.1. The highest BCUT2D eigenvalue weighted by molar-refractivity contribution is 7.09. The van der Waals surface area contributed by atoms with Crippen LogP contribution in [-0.2, 0) is 0 Å². The third-order valence-electron chi connectivity index (χ3n) is 3.96. The standard InChI is InChI=1S/C16H17N7S/c1-12-10-14(21-15(20-12)13-4-2-3-5-17-13)22-6-8-23(9-7-22)16-18-11-19-24-16/h2-5,10-11H,6-9H2,1H3. The van der Waals surface area contributed by atoms with E-state index in [4.69, 9.17) is 4.98 Å². The predicted molar refractivity (Wildman–Crippen MR) is 94.3 cm³/mol. The Balaban J connectivity index is 1.54. The summed E-state index contributed by atoms with van der Waals surface area (Å²) in [5, 5.41) is 0.989. The lowest BCUT2D eigenvalue weighted by atomic mass is 10.3. The molecule has 0 spiro atoms. The molecule has 1 fully saturated rings. The number of nitrogens with zero attached hydrogens (tertiary/aromatic N) is 7. The molecule has 0 aromatic carbocycles. The Kier molecular flexibility index (Phi) is 4.04. The average Bonchev–Trinajstić information content (AvgIpc) is 3.17. The zero-order chi connectivity index (χ0) is 16.4. The van der Waals surface area contributed by atoms with E-state index in [9.17, 15) is 0 Å². The average molecular weight is 339 g/mol. The fraction of sp³-hybridized carbons (Fsp3) is 0.312. The minimum Gasteiger partial charge on any atom is -0.353 e. The Morgan fingerprint density at radius 1 is 1.00 bits per heavy atom. The molecule has 0 amide bonds. The van der Waals surface area contributed by atoms with E-state index in [0.29, 0.717) is 5.82 Å². The van der Waals surface area contributed by atoms with E-state index >= 15 is 0 Å². The second-order valence-corrected chi connectivity index (χ2v) is 6.36. The fourth-order valence-electron chi connectivity index (χ4n) is 2.76. The molecule has 1 saturated heterocycles. The van der Waals surface area contributed by atoms with Crippen molar-refractivity contribution in [1.82, 2.24) is 24.3 Å². The SMILES string of the molecule is Cc1cc(N2CCN(c3ncns3)CC2)nc(-c2ccccn2)n1. The Hall–Kier alpha value is -2.61. The van der Waals surface area contributed by atoms with Crippen molar-refractivity contribution < 1.29 is 0 Å². The minimum absolute atomic E-state index is 0.678. The van der Waals surface area contributed by atoms with Crippen LogP contribution in [-0.4, -0.2) is 50.5 Å². The first-order chi connectivity index (χ1) is 11.8. The maximum Gasteiger partial charge on any atom is 0.205 e. The largest absolute Gasteiger partial charge is 0.353 e. The van der Waals surface area contributed by atoms with Gasteiger partial charge in [0.25, 0.3) is 0 Å². The highest BCUT2D eigenvalue weighted by Gasteiger charge is 2.21. The van der Waals surface area contributed by atoms with Crippen LogP contribution in [0.15, 0.2) is 36.8 Å². The first kappa shape index (κ1) is 14.9. The van der Waals surface area contributed by atoms with Gasteiger partial charge in [-0.1, -0.05) is 6.07 Å². The van der Waals surface area contributed by atoms with Crippen molar-refractivity contribution >= 4 is 22.5 Å². The number of piperazine rings is 1. The third-order valence-corrected chi connectivity index (χ3v) is 4.69. The fourth-order valence-corrected chi connectivity index (χ4v) is 3.34. The number of pyridine rings is 1. The zero-order valence-electron chi connectivity index (χ0n) is 13.3. The van der Waals surface area contributed by atoms with E-state index in [1.165, 1.54) is 11.5 Å². The topological polar surface area (TPSA) is 70.9 Å². The maximum absolute atomic E-state index is 4.72. The quantitative estimate of drug-likeness (QED) is 0.723. The van der Waals surface area contributed by atoms with Crippen molar-refractivity contribution in [3.05, 3.63) is 42.5 Å². The number of aromatic nitrogens is 5. The molecule has 4 rings (SSSR count). The van der Waals surface area contributed by atoms with Gasteiger partial charge in [-0.2, -0.15) is 4.37 Å². The lowest BCUT2D eigenvalue weighted by molar-refractivity contribution is 0.645. The van der Waals surface area contributed by atoms with Crippen LogP contribution in [0.4, 0.5) is 10.9 Å². The molecular formula is C16H17N7S. The van der Waals surface area contributed by atoms with Crippen LogP contribution in [0.1, 0.15) is 5.69 Å². The van der Waals surface area contributed by atoms with Gasteiger partial charge < -0.3 is 9.80 Å². The van der Waals surface area contributed by atoms with Crippen molar-refractivity contribution in [1.29, 1.82) is 0 Å². The first-order valence-corrected chi connectivity index (χ1v) is 8.60. The van der Waals surface area contributed by atoms with Gasteiger partial charge in [0.2, 0.25) is 5.13 Å². The Morgan fingerprint density at radius 2 is 1.83 bits per heavy atom. The summed E-state index contributed by atoms with van der Waals surface area (Å²) in [6.45, 7) is 5.62. The van der Waals surface area contributed by atoms with Gasteiger partial charge in [0.05, 0.1) is 0 Å². The van der Waals surface area contributed by atoms with Crippen LogP contribution in [0.25, 0.3) is 11.5 Å². The third kappa shape index (κ3) is 3.05. The molecule has 24 heavy (non-hydrogen) atoms. The van der Waals surface area contributed by atoms with Gasteiger partial charge in [-0.15, -0.1) is 0 Å². The monoisotopic (exact) mass is 339 g/mol. The summed E-state index contributed by atoms with van der Waals surface area (Å²) < 4.78 is 4.08. The lowest BCUT2D eigenvalue weighted by Crippen LogP contribution is -2.46. The van der Waals surface area contributed by atoms with Crippen LogP contribution >= 0.6 is 11.5 Å². The molecule has 0 saturated carbocycles. The number of rotatable bonds is 3. The predicted octanol–water partition coefficient (Wildman–Crippen LogP) is 2.03. The molecule has 7 nitrogen and oxygen atoms in total. The first-order valence-electron chi connectivity index (χ1n) is 7.83. The van der Waals surface area contributed by atoms with E-state index < -0.39 is 0 Å². The number of anilines is 2. The highest BCUT2D eigenvalue weighted by Crippen LogP contribution is 2.22. The minimum atomic E-state index is 0.678. The van der Waals surface area contributed by atoms with Crippen LogP contribution in [0.5, 0.6) is 0 Å². The van der Waals surface area contributed by atoms with Gasteiger partial charge in [-0.05, 0) is 19.1 Å². The molecule has 4 heterocycles. The van der Waals surface area contributed by atoms with Crippen molar-refractivity contribution in [3.63, 3.8) is 0 Å². The molecule has 3 aromatic rings. The number of aryl methyl sites for hydroxylation is 1. The lowest BCUT2D eigenvalue weighted by Gasteiger charge is -2.35. The molecule has 122 valence electrons. The second kappa shape index (κ2) is 6.48. The van der Waals surface area contributed by atoms with Crippen LogP contribution in [0.3, 0.4) is 0 Å². The van der Waals surface area contributed by atoms with Crippen LogP contribution in [0, 0.1) is 6.92 Å². The molecular weight excluding hydrogens is 322 g/mol. The number of hydrogen-bond donors (Lipinski definition) is 0. The molecule has 0 radical (unpaired) electrons. The van der Waals surface area contributed by atoms with E-state index in [0.717, 1.165) is 48.5 Å². The Labute approximate surface area is 144 Å². The van der Waals surface area contributed by atoms with Gasteiger partial charge in [-0.25, -0.2) is 15.0 Å². The van der Waals surface area contributed by atoms with Gasteiger partial charge >= 0.3 is 0 Å². The van der Waals surface area contributed by atoms with Crippen molar-refractivity contribution in [2.45, 2.75) is 6.92 Å². The highest BCUT2D eigenvalue weighted by atomic mass is 32.1. The Morgan fingerprint density at radius 3 is 2.54 bits per heavy atom. The van der Waals surface area contributed by atoms with Crippen molar-refractivity contribution in [3.8, 4) is 11.5 Å². The molecule has 1 aliphatic rings. The van der Waals surface area contributed by atoms with Crippen LogP contribution < -0.4 is 9.80 Å². The summed E-state index contributed by atoms with van der Waals surface area (Å²) in [6.07, 6.45) is 3.38. The molecule has 8 heteroatoms. The maximum atomic E-state index is 4.72.